The molecule has 0 aliphatic carbocycles. The molecule has 0 aliphatic heterocycles. The van der Waals surface area contributed by atoms with Gasteiger partial charge in [0.15, 0.2) is 0 Å². The number of carboxylic acids is 2. The minimum Gasteiger partial charge on any atom is -0.547 e. The van der Waals surface area contributed by atoms with Gasteiger partial charge in [-0.1, -0.05) is 0 Å². The van der Waals surface area contributed by atoms with Gasteiger partial charge >= 0.3 is 48.9 Å². The van der Waals surface area contributed by atoms with Crippen LogP contribution in [0.1, 0.15) is 0 Å². The van der Waals surface area contributed by atoms with Crippen molar-refractivity contribution in [3.8, 4) is 0 Å². The molecule has 0 amide bonds. The van der Waals surface area contributed by atoms with Crippen LogP contribution in [0.5, 0.6) is 0 Å². The second-order valence-electron chi connectivity index (χ2n) is 2.03. The maximum atomic E-state index is 9.41. The SMILES string of the molecule is O=C([O-])C(O)CO.O=C([O-])C(O)CO.[Ba+2]. The van der Waals surface area contributed by atoms with Crippen molar-refractivity contribution < 1.29 is 40.2 Å². The van der Waals surface area contributed by atoms with Crippen LogP contribution < -0.4 is 10.2 Å². The third-order valence-electron chi connectivity index (χ3n) is 0.890. The van der Waals surface area contributed by atoms with E-state index in [2.05, 4.69) is 0 Å². The van der Waals surface area contributed by atoms with E-state index in [-0.39, 0.29) is 48.9 Å². The van der Waals surface area contributed by atoms with Crippen molar-refractivity contribution in [2.45, 2.75) is 12.2 Å². The van der Waals surface area contributed by atoms with Crippen LogP contribution in [0.4, 0.5) is 0 Å². The van der Waals surface area contributed by atoms with E-state index >= 15 is 0 Å². The molecule has 0 aromatic heterocycles. The Morgan fingerprint density at radius 3 is 1.13 bits per heavy atom. The Morgan fingerprint density at radius 2 is 1.13 bits per heavy atom. The summed E-state index contributed by atoms with van der Waals surface area (Å²) >= 11 is 0. The summed E-state index contributed by atoms with van der Waals surface area (Å²) in [7, 11) is 0. The van der Waals surface area contributed by atoms with Crippen molar-refractivity contribution >= 4 is 60.8 Å². The normalized spacial score (nSPS) is 12.5. The molecule has 0 aliphatic rings. The molecule has 0 saturated carbocycles. The average Bonchev–Trinajstić information content (AvgIpc) is 2.15. The van der Waals surface area contributed by atoms with E-state index in [9.17, 15) is 19.8 Å². The number of hydrogen-bond donors (Lipinski definition) is 4. The van der Waals surface area contributed by atoms with Gasteiger partial charge in [0.25, 0.3) is 0 Å². The molecule has 9 heteroatoms. The van der Waals surface area contributed by atoms with Gasteiger partial charge in [0.05, 0.1) is 25.2 Å². The van der Waals surface area contributed by atoms with Crippen LogP contribution in [0, 0.1) is 0 Å². The van der Waals surface area contributed by atoms with Crippen molar-refractivity contribution in [1.82, 2.24) is 0 Å². The number of aliphatic hydroxyl groups is 4. The third kappa shape index (κ3) is 14.4. The fourth-order valence-electron chi connectivity index (χ4n) is 0.149. The van der Waals surface area contributed by atoms with E-state index < -0.39 is 37.4 Å². The zero-order chi connectivity index (χ0) is 11.7. The number of hydrogen-bond acceptors (Lipinski definition) is 8. The molecule has 0 aromatic rings. The van der Waals surface area contributed by atoms with E-state index in [1.54, 1.807) is 0 Å². The Kier molecular flexibility index (Phi) is 17.2. The van der Waals surface area contributed by atoms with Crippen LogP contribution in [-0.4, -0.2) is 107 Å². The number of rotatable bonds is 4. The van der Waals surface area contributed by atoms with E-state index in [1.807, 2.05) is 0 Å². The van der Waals surface area contributed by atoms with E-state index in [0.29, 0.717) is 0 Å². The fraction of sp³-hybridized carbons (Fsp3) is 0.667. The van der Waals surface area contributed by atoms with Crippen molar-refractivity contribution in [1.29, 1.82) is 0 Å². The Labute approximate surface area is 125 Å². The first kappa shape index (κ1) is 20.7. The molecule has 0 saturated heterocycles. The molecule has 2 atom stereocenters. The van der Waals surface area contributed by atoms with Crippen LogP contribution in [0.3, 0.4) is 0 Å². The molecule has 15 heavy (non-hydrogen) atoms. The summed E-state index contributed by atoms with van der Waals surface area (Å²) in [6.45, 7) is -1.58. The number of carbonyl (C=O) groups excluding carboxylic acids is 2. The quantitative estimate of drug-likeness (QED) is 0.365. The summed E-state index contributed by atoms with van der Waals surface area (Å²) in [5.41, 5.74) is 0. The maximum absolute atomic E-state index is 9.41. The minimum absolute atomic E-state index is 0. The number of aliphatic carboxylic acids is 2. The van der Waals surface area contributed by atoms with Gasteiger partial charge < -0.3 is 40.2 Å². The van der Waals surface area contributed by atoms with Crippen LogP contribution >= 0.6 is 0 Å². The molecule has 0 rings (SSSR count). The Balaban J connectivity index is -0.000000180. The summed E-state index contributed by atoms with van der Waals surface area (Å²) in [6.07, 6.45) is -3.47. The van der Waals surface area contributed by atoms with Gasteiger partial charge in [-0.3, -0.25) is 0 Å². The van der Waals surface area contributed by atoms with Crippen molar-refractivity contribution in [2.75, 3.05) is 13.2 Å². The van der Waals surface area contributed by atoms with Gasteiger partial charge in [0.1, 0.15) is 12.2 Å². The van der Waals surface area contributed by atoms with Gasteiger partial charge in [-0.05, 0) is 0 Å². The zero-order valence-electron chi connectivity index (χ0n) is 7.70. The Morgan fingerprint density at radius 1 is 0.933 bits per heavy atom. The first-order valence-electron chi connectivity index (χ1n) is 3.36. The largest absolute Gasteiger partial charge is 2.00 e. The summed E-state index contributed by atoms with van der Waals surface area (Å²) < 4.78 is 0. The van der Waals surface area contributed by atoms with Gasteiger partial charge in [-0.25, -0.2) is 0 Å². The second-order valence-corrected chi connectivity index (χ2v) is 2.03. The fourth-order valence-corrected chi connectivity index (χ4v) is 0.149. The van der Waals surface area contributed by atoms with Gasteiger partial charge in [0.2, 0.25) is 0 Å². The van der Waals surface area contributed by atoms with E-state index in [4.69, 9.17) is 20.4 Å². The van der Waals surface area contributed by atoms with Crippen LogP contribution in [-0.2, 0) is 9.59 Å². The Hall–Kier alpha value is 0.351. The topological polar surface area (TPSA) is 161 Å². The van der Waals surface area contributed by atoms with Crippen molar-refractivity contribution in [3.63, 3.8) is 0 Å². The predicted molar refractivity (Wildman–Crippen MR) is 42.0 cm³/mol. The Bertz CT molecular complexity index is 164. The van der Waals surface area contributed by atoms with Crippen LogP contribution in [0.25, 0.3) is 0 Å². The monoisotopic (exact) mass is 348 g/mol. The molecule has 0 bridgehead atoms. The first-order valence-corrected chi connectivity index (χ1v) is 3.36. The standard InChI is InChI=1S/2C3H6O4.Ba/c2*4-1-2(5)3(6)7;/h2*2,4-5H,1H2,(H,6,7);/q;;+2/p-2. The number of aliphatic hydroxyl groups excluding tert-OH is 4. The molecule has 2 unspecified atom stereocenters. The minimum atomic E-state index is -1.74. The maximum Gasteiger partial charge on any atom is 2.00 e. The third-order valence-corrected chi connectivity index (χ3v) is 0.890. The summed E-state index contributed by atoms with van der Waals surface area (Å²) in [5, 5.41) is 50.5. The van der Waals surface area contributed by atoms with Crippen molar-refractivity contribution in [2.24, 2.45) is 0 Å². The number of carboxylic acid groups (broad SMARTS) is 2. The van der Waals surface area contributed by atoms with E-state index in [0.717, 1.165) is 0 Å². The van der Waals surface area contributed by atoms with Gasteiger partial charge in [-0.2, -0.15) is 0 Å². The molecule has 84 valence electrons. The summed E-state index contributed by atoms with van der Waals surface area (Å²) in [6, 6.07) is 0. The number of carbonyl (C=O) groups is 2. The molecule has 4 N–H and O–H groups in total. The molecule has 0 fully saturated rings. The molecule has 8 nitrogen and oxygen atoms in total. The molecule has 0 aromatic carbocycles. The molecular formula is C6H10BaO8. The first-order chi connectivity index (χ1) is 6.36. The molecular weight excluding hydrogens is 337 g/mol. The molecule has 0 radical (unpaired) electrons. The molecule has 0 spiro atoms. The summed E-state index contributed by atoms with van der Waals surface area (Å²) in [5.74, 6) is -3.30. The van der Waals surface area contributed by atoms with E-state index in [1.165, 1.54) is 0 Å². The van der Waals surface area contributed by atoms with Crippen LogP contribution in [0.15, 0.2) is 0 Å². The smallest absolute Gasteiger partial charge is 0.547 e. The second kappa shape index (κ2) is 12.4. The summed E-state index contributed by atoms with van der Waals surface area (Å²) in [4.78, 5) is 18.8. The predicted octanol–water partition coefficient (Wildman–Crippen LogP) is -6.20. The zero-order valence-corrected chi connectivity index (χ0v) is 12.1. The average molecular weight is 347 g/mol. The molecule has 0 heterocycles. The van der Waals surface area contributed by atoms with Crippen LogP contribution in [0.2, 0.25) is 0 Å². The van der Waals surface area contributed by atoms with Crippen molar-refractivity contribution in [3.05, 3.63) is 0 Å². The van der Waals surface area contributed by atoms with Gasteiger partial charge in [0, 0.05) is 0 Å². The van der Waals surface area contributed by atoms with Gasteiger partial charge in [-0.15, -0.1) is 0 Å².